The molecule has 3 rings (SSSR count). The average Bonchev–Trinajstić information content (AvgIpc) is 2.97. The molecule has 0 aromatic heterocycles. The van der Waals surface area contributed by atoms with Gasteiger partial charge in [0.25, 0.3) is 0 Å². The van der Waals surface area contributed by atoms with Gasteiger partial charge in [-0.3, -0.25) is 4.79 Å². The van der Waals surface area contributed by atoms with Gasteiger partial charge in [-0.1, -0.05) is 29.4 Å². The third-order valence-electron chi connectivity index (χ3n) is 6.44. The SMILES string of the molecule is C=CCN=C(N=CCc1cccc(COC(=O)N=C(N)N)c1F)N1CC(=NOCC(CNC(C)=O)COC2CCCCO2)C1. The largest absolute Gasteiger partial charge is 0.443 e. The highest BCUT2D eigenvalue weighted by Crippen LogP contribution is 2.16. The first-order valence-corrected chi connectivity index (χ1v) is 14.4. The molecule has 2 unspecified atom stereocenters. The van der Waals surface area contributed by atoms with Crippen LogP contribution in [0.3, 0.4) is 0 Å². The minimum Gasteiger partial charge on any atom is -0.443 e. The van der Waals surface area contributed by atoms with Gasteiger partial charge < -0.3 is 40.7 Å². The van der Waals surface area contributed by atoms with Crippen molar-refractivity contribution in [3.63, 3.8) is 0 Å². The van der Waals surface area contributed by atoms with Gasteiger partial charge in [0, 0.05) is 44.2 Å². The zero-order valence-electron chi connectivity index (χ0n) is 25.0. The minimum absolute atomic E-state index is 0.0940. The van der Waals surface area contributed by atoms with Crippen molar-refractivity contribution in [1.82, 2.24) is 10.2 Å². The molecule has 2 aliphatic heterocycles. The van der Waals surface area contributed by atoms with Gasteiger partial charge in [-0.25, -0.2) is 19.2 Å². The van der Waals surface area contributed by atoms with Crippen molar-refractivity contribution < 1.29 is 33.0 Å². The second-order valence-corrected chi connectivity index (χ2v) is 10.2. The Kier molecular flexibility index (Phi) is 14.2. The summed E-state index contributed by atoms with van der Waals surface area (Å²) in [5.74, 6) is -0.734. The maximum Gasteiger partial charge on any atom is 0.437 e. The van der Waals surface area contributed by atoms with E-state index in [0.29, 0.717) is 50.9 Å². The first-order chi connectivity index (χ1) is 21.2. The Morgan fingerprint density at radius 2 is 2.05 bits per heavy atom. The smallest absolute Gasteiger partial charge is 0.437 e. The third kappa shape index (κ3) is 12.1. The normalized spacial score (nSPS) is 17.4. The minimum atomic E-state index is -1.01. The summed E-state index contributed by atoms with van der Waals surface area (Å²) >= 11 is 0. The molecule has 0 saturated carbocycles. The summed E-state index contributed by atoms with van der Waals surface area (Å²) in [4.78, 5) is 42.5. The lowest BCUT2D eigenvalue weighted by atomic mass is 10.1. The molecule has 0 aliphatic carbocycles. The fraction of sp³-hybridized carbons (Fsp3) is 0.517. The monoisotopic (exact) mass is 616 g/mol. The number of hydrogen-bond donors (Lipinski definition) is 3. The Labute approximate surface area is 256 Å². The summed E-state index contributed by atoms with van der Waals surface area (Å²) in [5.41, 5.74) is 11.6. The van der Waals surface area contributed by atoms with Crippen molar-refractivity contribution in [1.29, 1.82) is 0 Å². The molecule has 15 heteroatoms. The molecule has 2 aliphatic rings. The lowest BCUT2D eigenvalue weighted by Gasteiger charge is -2.33. The summed E-state index contributed by atoms with van der Waals surface area (Å²) < 4.78 is 31.3. The Morgan fingerprint density at radius 3 is 2.75 bits per heavy atom. The number of likely N-dealkylation sites (tertiary alicyclic amines) is 1. The molecule has 14 nitrogen and oxygen atoms in total. The maximum absolute atomic E-state index is 14.9. The Bertz CT molecular complexity index is 1240. The molecule has 0 bridgehead atoms. The number of ether oxygens (including phenoxy) is 3. The summed E-state index contributed by atoms with van der Waals surface area (Å²) in [6, 6.07) is 4.76. The first kappa shape index (κ1) is 34.1. The number of nitrogens with two attached hydrogens (primary N) is 2. The molecule has 44 heavy (non-hydrogen) atoms. The quantitative estimate of drug-likeness (QED) is 0.121. The van der Waals surface area contributed by atoms with E-state index in [0.717, 1.165) is 25.0 Å². The molecular weight excluding hydrogens is 575 g/mol. The molecule has 2 amide bonds. The van der Waals surface area contributed by atoms with Gasteiger partial charge in [-0.05, 0) is 24.8 Å². The van der Waals surface area contributed by atoms with Crippen LogP contribution in [0.4, 0.5) is 9.18 Å². The number of carbonyl (C=O) groups excluding carboxylic acids is 2. The Morgan fingerprint density at radius 1 is 1.25 bits per heavy atom. The second-order valence-electron chi connectivity index (χ2n) is 10.2. The molecule has 1 aromatic carbocycles. The van der Waals surface area contributed by atoms with Crippen molar-refractivity contribution >= 4 is 35.8 Å². The number of nitrogens with one attached hydrogen (secondary N) is 1. The third-order valence-corrected chi connectivity index (χ3v) is 6.44. The van der Waals surface area contributed by atoms with E-state index in [4.69, 9.17) is 30.5 Å². The van der Waals surface area contributed by atoms with Crippen molar-refractivity contribution in [3.8, 4) is 0 Å². The van der Waals surface area contributed by atoms with Crippen LogP contribution in [0.25, 0.3) is 0 Å². The summed E-state index contributed by atoms with van der Waals surface area (Å²) in [5, 5.41) is 7.04. The number of amides is 2. The fourth-order valence-corrected chi connectivity index (χ4v) is 4.14. The van der Waals surface area contributed by atoms with Gasteiger partial charge in [0.15, 0.2) is 12.2 Å². The van der Waals surface area contributed by atoms with Crippen LogP contribution in [0.15, 0.2) is 51.0 Å². The molecule has 5 N–H and O–H groups in total. The van der Waals surface area contributed by atoms with Crippen LogP contribution in [0.2, 0.25) is 0 Å². The summed E-state index contributed by atoms with van der Waals surface area (Å²) in [6.07, 6.45) is 5.10. The van der Waals surface area contributed by atoms with Crippen LogP contribution in [-0.4, -0.2) is 93.0 Å². The van der Waals surface area contributed by atoms with Crippen LogP contribution in [0, 0.1) is 11.7 Å². The van der Waals surface area contributed by atoms with Gasteiger partial charge in [0.1, 0.15) is 19.0 Å². The van der Waals surface area contributed by atoms with E-state index in [2.05, 4.69) is 32.0 Å². The Hall–Kier alpha value is -4.37. The average molecular weight is 617 g/mol. The fourth-order valence-electron chi connectivity index (χ4n) is 4.14. The molecule has 240 valence electrons. The second kappa shape index (κ2) is 18.3. The van der Waals surface area contributed by atoms with Crippen molar-refractivity contribution in [2.75, 3.05) is 46.0 Å². The first-order valence-electron chi connectivity index (χ1n) is 14.4. The molecule has 1 aromatic rings. The molecule has 2 saturated heterocycles. The topological polar surface area (TPSA) is 188 Å². The van der Waals surface area contributed by atoms with E-state index in [1.807, 2.05) is 4.90 Å². The number of hydrogen-bond acceptors (Lipinski definition) is 8. The zero-order valence-corrected chi connectivity index (χ0v) is 25.0. The van der Waals surface area contributed by atoms with Crippen LogP contribution < -0.4 is 16.8 Å². The van der Waals surface area contributed by atoms with Gasteiger partial charge >= 0.3 is 6.09 Å². The van der Waals surface area contributed by atoms with Crippen LogP contribution in [-0.2, 0) is 36.9 Å². The molecule has 2 fully saturated rings. The van der Waals surface area contributed by atoms with E-state index < -0.39 is 17.9 Å². The number of benzene rings is 1. The van der Waals surface area contributed by atoms with E-state index in [1.165, 1.54) is 13.0 Å². The van der Waals surface area contributed by atoms with Crippen LogP contribution >= 0.6 is 0 Å². The van der Waals surface area contributed by atoms with Crippen molar-refractivity contribution in [3.05, 3.63) is 47.8 Å². The van der Waals surface area contributed by atoms with Crippen LogP contribution in [0.5, 0.6) is 0 Å². The molecule has 0 spiro atoms. The highest BCUT2D eigenvalue weighted by Gasteiger charge is 2.26. The number of halogens is 1. The maximum atomic E-state index is 14.9. The Balaban J connectivity index is 1.50. The number of aliphatic imine (C=N–C) groups is 3. The van der Waals surface area contributed by atoms with E-state index in [9.17, 15) is 14.0 Å². The van der Waals surface area contributed by atoms with Crippen molar-refractivity contribution in [2.45, 2.75) is 45.5 Å². The van der Waals surface area contributed by atoms with Gasteiger partial charge in [-0.2, -0.15) is 0 Å². The van der Waals surface area contributed by atoms with E-state index in [-0.39, 0.29) is 43.3 Å². The van der Waals surface area contributed by atoms with Crippen molar-refractivity contribution in [2.24, 2.45) is 37.5 Å². The van der Waals surface area contributed by atoms with E-state index >= 15 is 0 Å². The zero-order chi connectivity index (χ0) is 31.7. The predicted octanol–water partition coefficient (Wildman–Crippen LogP) is 1.87. The molecule has 2 heterocycles. The molecule has 2 atom stereocenters. The van der Waals surface area contributed by atoms with Gasteiger partial charge in [-0.15, -0.1) is 11.6 Å². The lowest BCUT2D eigenvalue weighted by Crippen LogP contribution is -2.50. The lowest BCUT2D eigenvalue weighted by molar-refractivity contribution is -0.171. The summed E-state index contributed by atoms with van der Waals surface area (Å²) in [7, 11) is 0. The predicted molar refractivity (Wildman–Crippen MR) is 164 cm³/mol. The number of carbonyl (C=O) groups is 2. The van der Waals surface area contributed by atoms with Gasteiger partial charge in [0.05, 0.1) is 32.0 Å². The van der Waals surface area contributed by atoms with E-state index in [1.54, 1.807) is 24.4 Å². The number of rotatable bonds is 14. The highest BCUT2D eigenvalue weighted by atomic mass is 19.1. The molecule has 0 radical (unpaired) electrons. The number of oxime groups is 1. The van der Waals surface area contributed by atoms with Crippen LogP contribution in [0.1, 0.15) is 37.3 Å². The number of guanidine groups is 2. The summed E-state index contributed by atoms with van der Waals surface area (Å²) in [6.45, 7) is 7.85. The van der Waals surface area contributed by atoms with Gasteiger partial charge in [0.2, 0.25) is 11.9 Å². The standard InChI is InChI=1S/C29H41FN8O6/c1-3-11-33-28(34-12-10-22-7-6-8-23(26(22)30)19-43-29(40)36-27(31)32)38-15-24(16-38)37-44-18-21(14-35-20(2)39)17-42-25-9-4-5-13-41-25/h3,6-8,12,21,25H,1,4-5,9-11,13-19H2,2H3,(H,35,39)(H4,31,32,36,40). The highest BCUT2D eigenvalue weighted by molar-refractivity contribution is 6.02. The molecular formula is C29H41FN8O6. The number of nitrogens with zero attached hydrogens (tertiary/aromatic N) is 5.